The molecule has 0 spiro atoms. The number of anilines is 2. The summed E-state index contributed by atoms with van der Waals surface area (Å²) in [6, 6.07) is 6.15. The highest BCUT2D eigenvalue weighted by molar-refractivity contribution is 5.96. The van der Waals surface area contributed by atoms with Crippen molar-refractivity contribution < 1.29 is 32.2 Å². The highest BCUT2D eigenvalue weighted by Gasteiger charge is 2.29. The number of amides is 2. The van der Waals surface area contributed by atoms with Gasteiger partial charge in [0.25, 0.3) is 5.91 Å². The van der Waals surface area contributed by atoms with E-state index < -0.39 is 24.8 Å². The van der Waals surface area contributed by atoms with Gasteiger partial charge < -0.3 is 20.1 Å². The lowest BCUT2D eigenvalue weighted by molar-refractivity contribution is -0.184. The zero-order valence-electron chi connectivity index (χ0n) is 12.6. The predicted octanol–water partition coefficient (Wildman–Crippen LogP) is 2.18. The van der Waals surface area contributed by atoms with E-state index in [1.807, 2.05) is 0 Å². The molecule has 1 aromatic rings. The van der Waals surface area contributed by atoms with Crippen LogP contribution in [0.1, 0.15) is 6.92 Å². The Kier molecular flexibility index (Phi) is 6.98. The average molecular weight is 334 g/mol. The van der Waals surface area contributed by atoms with Crippen molar-refractivity contribution in [2.24, 2.45) is 0 Å². The Morgan fingerprint density at radius 2 is 1.83 bits per heavy atom. The summed E-state index contributed by atoms with van der Waals surface area (Å²) in [6.45, 7) is -0.418. The van der Waals surface area contributed by atoms with Gasteiger partial charge in [0.1, 0.15) is 19.3 Å². The molecule has 0 saturated carbocycles. The zero-order valence-corrected chi connectivity index (χ0v) is 12.6. The van der Waals surface area contributed by atoms with E-state index in [0.717, 1.165) is 0 Å². The maximum Gasteiger partial charge on any atom is 0.411 e. The molecular formula is C14H17F3N2O4. The molecule has 0 aliphatic carbocycles. The maximum atomic E-state index is 12.0. The number of carbonyl (C=O) groups excluding carboxylic acids is 2. The van der Waals surface area contributed by atoms with Crippen molar-refractivity contribution in [1.29, 1.82) is 0 Å². The van der Waals surface area contributed by atoms with Crippen LogP contribution < -0.4 is 10.6 Å². The van der Waals surface area contributed by atoms with Crippen molar-refractivity contribution >= 4 is 23.2 Å². The Morgan fingerprint density at radius 1 is 1.22 bits per heavy atom. The van der Waals surface area contributed by atoms with E-state index in [-0.39, 0.29) is 12.5 Å². The number of halogens is 3. The molecular weight excluding hydrogens is 317 g/mol. The van der Waals surface area contributed by atoms with Crippen LogP contribution in [0.25, 0.3) is 0 Å². The Labute approximate surface area is 130 Å². The number of hydrogen-bond acceptors (Lipinski definition) is 4. The summed E-state index contributed by atoms with van der Waals surface area (Å²) in [4.78, 5) is 23.1. The van der Waals surface area contributed by atoms with Crippen molar-refractivity contribution in [3.05, 3.63) is 24.3 Å². The third-order valence-corrected chi connectivity index (χ3v) is 2.56. The van der Waals surface area contributed by atoms with Crippen molar-refractivity contribution in [3.63, 3.8) is 0 Å². The fraction of sp³-hybridized carbons (Fsp3) is 0.429. The molecule has 0 saturated heterocycles. The molecule has 2 N–H and O–H groups in total. The first-order valence-corrected chi connectivity index (χ1v) is 6.59. The van der Waals surface area contributed by atoms with Gasteiger partial charge in [0.15, 0.2) is 0 Å². The molecule has 2 amide bonds. The Hall–Kier alpha value is -2.13. The molecule has 0 radical (unpaired) electrons. The van der Waals surface area contributed by atoms with Gasteiger partial charge in [-0.1, -0.05) is 6.07 Å². The molecule has 1 atom stereocenters. The Morgan fingerprint density at radius 3 is 2.39 bits per heavy atom. The maximum absolute atomic E-state index is 12.0. The molecule has 0 fully saturated rings. The Balaban J connectivity index is 2.59. The smallest absolute Gasteiger partial charge is 0.375 e. The number of benzene rings is 1. The fourth-order valence-corrected chi connectivity index (χ4v) is 1.54. The second-order valence-electron chi connectivity index (χ2n) is 4.62. The summed E-state index contributed by atoms with van der Waals surface area (Å²) in [7, 11) is 1.37. The van der Waals surface area contributed by atoms with Gasteiger partial charge in [-0.15, -0.1) is 0 Å². The highest BCUT2D eigenvalue weighted by atomic mass is 19.4. The monoisotopic (exact) mass is 334 g/mol. The molecule has 0 aliphatic heterocycles. The van der Waals surface area contributed by atoms with E-state index in [1.165, 1.54) is 26.2 Å². The van der Waals surface area contributed by atoms with E-state index >= 15 is 0 Å². The third kappa shape index (κ3) is 7.61. The second kappa shape index (κ2) is 8.49. The first kappa shape index (κ1) is 18.9. The van der Waals surface area contributed by atoms with Gasteiger partial charge in [0.2, 0.25) is 5.91 Å². The lowest BCUT2D eigenvalue weighted by atomic mass is 10.2. The first-order valence-electron chi connectivity index (χ1n) is 6.59. The van der Waals surface area contributed by atoms with Gasteiger partial charge >= 0.3 is 6.18 Å². The van der Waals surface area contributed by atoms with Crippen LogP contribution in [0, 0.1) is 0 Å². The van der Waals surface area contributed by atoms with Crippen LogP contribution in [-0.4, -0.2) is 44.4 Å². The van der Waals surface area contributed by atoms with Crippen molar-refractivity contribution in [3.8, 4) is 0 Å². The van der Waals surface area contributed by atoms with Gasteiger partial charge in [-0.05, 0) is 25.1 Å². The molecule has 128 valence electrons. The molecule has 6 nitrogen and oxygen atoms in total. The minimum Gasteiger partial charge on any atom is -0.375 e. The molecule has 0 heterocycles. The van der Waals surface area contributed by atoms with Gasteiger partial charge in [-0.3, -0.25) is 9.59 Å². The number of rotatable bonds is 7. The minimum absolute atomic E-state index is 0.126. The van der Waals surface area contributed by atoms with Crippen LogP contribution in [0.4, 0.5) is 24.5 Å². The summed E-state index contributed by atoms with van der Waals surface area (Å²) >= 11 is 0. The fourth-order valence-electron chi connectivity index (χ4n) is 1.54. The van der Waals surface area contributed by atoms with Gasteiger partial charge in [0.05, 0.1) is 0 Å². The minimum atomic E-state index is -4.50. The summed E-state index contributed by atoms with van der Waals surface area (Å²) in [5, 5.41) is 4.95. The topological polar surface area (TPSA) is 76.7 Å². The number of alkyl halides is 3. The molecule has 23 heavy (non-hydrogen) atoms. The highest BCUT2D eigenvalue weighted by Crippen LogP contribution is 2.17. The van der Waals surface area contributed by atoms with Crippen molar-refractivity contribution in [2.45, 2.75) is 19.2 Å². The van der Waals surface area contributed by atoms with E-state index in [2.05, 4.69) is 20.1 Å². The van der Waals surface area contributed by atoms with Crippen LogP contribution in [-0.2, 0) is 19.1 Å². The quantitative estimate of drug-likeness (QED) is 0.801. The van der Waals surface area contributed by atoms with E-state index in [0.29, 0.717) is 11.4 Å². The van der Waals surface area contributed by atoms with Crippen molar-refractivity contribution in [2.75, 3.05) is 31.0 Å². The average Bonchev–Trinajstić information content (AvgIpc) is 2.44. The number of hydrogen-bond donors (Lipinski definition) is 2. The number of methoxy groups -OCH3 is 1. The van der Waals surface area contributed by atoms with E-state index in [9.17, 15) is 22.8 Å². The van der Waals surface area contributed by atoms with Crippen LogP contribution in [0.15, 0.2) is 24.3 Å². The first-order chi connectivity index (χ1) is 10.7. The number of nitrogens with one attached hydrogen (secondary N) is 2. The summed E-state index contributed by atoms with van der Waals surface area (Å²) in [5.74, 6) is -1.10. The molecule has 9 heteroatoms. The summed E-state index contributed by atoms with van der Waals surface area (Å²) in [5.41, 5.74) is 0.724. The molecule has 1 rings (SSSR count). The zero-order chi connectivity index (χ0) is 17.5. The second-order valence-corrected chi connectivity index (χ2v) is 4.62. The summed E-state index contributed by atoms with van der Waals surface area (Å²) in [6.07, 6.45) is -5.77. The summed E-state index contributed by atoms with van der Waals surface area (Å²) < 4.78 is 45.2. The van der Waals surface area contributed by atoms with Crippen LogP contribution >= 0.6 is 0 Å². The molecule has 0 bridgehead atoms. The normalized spacial score (nSPS) is 12.6. The van der Waals surface area contributed by atoms with Gasteiger partial charge in [0, 0.05) is 18.5 Å². The lowest BCUT2D eigenvalue weighted by Crippen LogP contribution is -2.31. The van der Waals surface area contributed by atoms with Crippen LogP contribution in [0.3, 0.4) is 0 Å². The SMILES string of the molecule is COCC(=O)Nc1cccc(NC(=O)[C@H](C)OCC(F)(F)F)c1. The molecule has 0 aliphatic rings. The molecule has 1 aromatic carbocycles. The molecule has 0 unspecified atom stereocenters. The molecule has 0 aromatic heterocycles. The van der Waals surface area contributed by atoms with Crippen molar-refractivity contribution in [1.82, 2.24) is 0 Å². The Bertz CT molecular complexity index is 549. The largest absolute Gasteiger partial charge is 0.411 e. The van der Waals surface area contributed by atoms with Crippen LogP contribution in [0.5, 0.6) is 0 Å². The van der Waals surface area contributed by atoms with Crippen LogP contribution in [0.2, 0.25) is 0 Å². The number of carbonyl (C=O) groups is 2. The standard InChI is InChI=1S/C14H17F3N2O4/c1-9(23-8-14(15,16)17)13(21)19-11-5-3-4-10(6-11)18-12(20)7-22-2/h3-6,9H,7-8H2,1-2H3,(H,18,20)(H,19,21)/t9-/m0/s1. The number of ether oxygens (including phenoxy) is 2. The lowest BCUT2D eigenvalue weighted by Gasteiger charge is -2.15. The van der Waals surface area contributed by atoms with E-state index in [4.69, 9.17) is 0 Å². The van der Waals surface area contributed by atoms with Gasteiger partial charge in [-0.2, -0.15) is 13.2 Å². The predicted molar refractivity (Wildman–Crippen MR) is 77.0 cm³/mol. The third-order valence-electron chi connectivity index (χ3n) is 2.56. The van der Waals surface area contributed by atoms with Gasteiger partial charge in [-0.25, -0.2) is 0 Å². The van der Waals surface area contributed by atoms with E-state index in [1.54, 1.807) is 12.1 Å².